The van der Waals surface area contributed by atoms with Gasteiger partial charge in [-0.2, -0.15) is 0 Å². The third kappa shape index (κ3) is 11.7. The molecule has 24 aromatic carbocycles. The minimum absolute atomic E-state index is 0.567. The average molecular weight is 1620 g/mol. The van der Waals surface area contributed by atoms with Gasteiger partial charge in [-0.3, -0.25) is 0 Å². The Morgan fingerprint density at radius 1 is 0.109 bits per heavy atom. The summed E-state index contributed by atoms with van der Waals surface area (Å²) in [4.78, 5) is 31.8. The van der Waals surface area contributed by atoms with Crippen LogP contribution in [-0.2, 0) is 0 Å². The number of fused-ring (bicyclic) bond motifs is 6. The molecular formula is C122H72N6. The molecule has 2 heterocycles. The van der Waals surface area contributed by atoms with Gasteiger partial charge in [-0.1, -0.05) is 425 Å². The number of nitrogens with zero attached hydrogens (tertiary/aromatic N) is 6. The number of aromatic nitrogens is 6. The monoisotopic (exact) mass is 1620 g/mol. The summed E-state index contributed by atoms with van der Waals surface area (Å²) in [6, 6.07) is 160. The van der Waals surface area contributed by atoms with Gasteiger partial charge in [0.05, 0.1) is 0 Å². The molecule has 0 saturated heterocycles. The SMILES string of the molecule is c1ccc(-c2nc(-c3ccccc3)nc(-c3ccc(-c4c(-c5ccc(-c6nc(-c7ccccc7)nc(-c7ccccc7)n6)cc5)c(-c5ccc(-c6ccc7ccc8cccc9ccc6c7c89)cc5)c5c6cccc7c8cc(-c9ccccc9)c(-c9ccccc9)cc8c8cccc(c5c4-c4ccc(-c5ccc9ccc%10cccc%11ccc5c9c%10%11)cc4)c8c76)cc3)n2)cc1. The highest BCUT2D eigenvalue weighted by Gasteiger charge is 2.31. The van der Waals surface area contributed by atoms with Gasteiger partial charge < -0.3 is 0 Å². The molecule has 0 bridgehead atoms. The first-order valence-corrected chi connectivity index (χ1v) is 43.8. The maximum atomic E-state index is 5.35. The summed E-state index contributed by atoms with van der Waals surface area (Å²) in [5.74, 6) is 3.51. The van der Waals surface area contributed by atoms with Crippen LogP contribution in [0.25, 0.3) is 276 Å². The standard InChI is InChI=1S/C122H72N6/c1-7-23-73(24-8-1)101-71-103-95-39-21-41-99-113(95)114-96(104(103)72-102(101)74-25-9-2-10-26-74)40-22-42-100(114)116-112(86-49-45-76(46-50-86)94-68-64-82-54-52-78-36-20-38-80-66-70-98(94)108(82)106(78)80)110(84-57-61-92(62-58-84)122-127-119(89-31-15-5-16-32-89)124-120(128-122)90-33-17-6-18-34-90)109(83-55-59-91(60-56-83)121-125-117(87-27-11-3-12-28-87)123-118(126-121)88-29-13-4-14-30-88)111(115(99)116)85-47-43-75(44-48-85)93-67-63-81-53-51-77-35-19-37-79-65-69-97(93)107(81)105(77)79/h1-72H. The normalized spacial score (nSPS) is 11.9. The molecule has 0 atom stereocenters. The van der Waals surface area contributed by atoms with E-state index >= 15 is 0 Å². The van der Waals surface area contributed by atoms with Crippen molar-refractivity contribution in [2.24, 2.45) is 0 Å². The van der Waals surface area contributed by atoms with Crippen LogP contribution in [0.3, 0.4) is 0 Å². The molecule has 6 heteroatoms. The zero-order valence-corrected chi connectivity index (χ0v) is 69.3. The third-order valence-electron chi connectivity index (χ3n) is 26.6. The largest absolute Gasteiger partial charge is 0.208 e. The Hall–Kier alpha value is -17.1. The van der Waals surface area contributed by atoms with E-state index in [2.05, 4.69) is 364 Å². The van der Waals surface area contributed by atoms with Gasteiger partial charge in [0.1, 0.15) is 0 Å². The van der Waals surface area contributed by atoms with Gasteiger partial charge in [-0.15, -0.1) is 0 Å². The van der Waals surface area contributed by atoms with E-state index in [4.69, 9.17) is 29.9 Å². The van der Waals surface area contributed by atoms with Crippen molar-refractivity contribution >= 4 is 118 Å². The minimum Gasteiger partial charge on any atom is -0.208 e. The van der Waals surface area contributed by atoms with E-state index in [1.54, 1.807) is 0 Å². The van der Waals surface area contributed by atoms with Crippen LogP contribution in [0.5, 0.6) is 0 Å². The molecular weight excluding hydrogens is 1550 g/mol. The fraction of sp³-hybridized carbons (Fsp3) is 0. The first-order valence-electron chi connectivity index (χ1n) is 43.8. The highest BCUT2D eigenvalue weighted by molar-refractivity contribution is 6.44. The summed E-state index contributed by atoms with van der Waals surface area (Å²) >= 11 is 0. The lowest BCUT2D eigenvalue weighted by atomic mass is 9.75. The average Bonchev–Trinajstić information content (AvgIpc) is 0.678. The highest BCUT2D eigenvalue weighted by Crippen LogP contribution is 2.58. The van der Waals surface area contributed by atoms with Crippen molar-refractivity contribution in [1.29, 1.82) is 0 Å². The highest BCUT2D eigenvalue weighted by atomic mass is 15.0. The van der Waals surface area contributed by atoms with Crippen molar-refractivity contribution in [3.8, 4) is 157 Å². The maximum Gasteiger partial charge on any atom is 0.164 e. The van der Waals surface area contributed by atoms with Crippen molar-refractivity contribution in [3.63, 3.8) is 0 Å². The molecule has 0 fully saturated rings. The fourth-order valence-corrected chi connectivity index (χ4v) is 20.8. The molecule has 6 nitrogen and oxygen atoms in total. The third-order valence-corrected chi connectivity index (χ3v) is 26.6. The predicted molar refractivity (Wildman–Crippen MR) is 535 cm³/mol. The summed E-state index contributed by atoms with van der Waals surface area (Å²) in [6.45, 7) is 0. The van der Waals surface area contributed by atoms with Crippen LogP contribution in [0.4, 0.5) is 0 Å². The van der Waals surface area contributed by atoms with E-state index in [1.807, 2.05) is 72.8 Å². The molecule has 0 aliphatic rings. The smallest absolute Gasteiger partial charge is 0.164 e. The van der Waals surface area contributed by atoms with Crippen LogP contribution in [0.1, 0.15) is 0 Å². The van der Waals surface area contributed by atoms with E-state index in [-0.39, 0.29) is 0 Å². The van der Waals surface area contributed by atoms with Crippen LogP contribution in [0.2, 0.25) is 0 Å². The number of hydrogen-bond acceptors (Lipinski definition) is 6. The Kier molecular flexibility index (Phi) is 16.6. The fourth-order valence-electron chi connectivity index (χ4n) is 20.8. The van der Waals surface area contributed by atoms with Gasteiger partial charge in [-0.05, 0) is 220 Å². The maximum absolute atomic E-state index is 5.35. The zero-order valence-electron chi connectivity index (χ0n) is 69.3. The van der Waals surface area contributed by atoms with Gasteiger partial charge in [0, 0.05) is 33.4 Å². The van der Waals surface area contributed by atoms with E-state index in [0.29, 0.717) is 34.9 Å². The van der Waals surface area contributed by atoms with Gasteiger partial charge in [-0.25, -0.2) is 29.9 Å². The molecule has 2 aromatic heterocycles. The van der Waals surface area contributed by atoms with Crippen molar-refractivity contribution in [2.75, 3.05) is 0 Å². The van der Waals surface area contributed by atoms with Gasteiger partial charge in [0.15, 0.2) is 34.9 Å². The second-order valence-corrected chi connectivity index (χ2v) is 33.7. The summed E-state index contributed by atoms with van der Waals surface area (Å²) < 4.78 is 0. The summed E-state index contributed by atoms with van der Waals surface area (Å²) in [5.41, 5.74) is 23.0. The molecule has 26 aromatic rings. The second kappa shape index (κ2) is 29.3. The van der Waals surface area contributed by atoms with Gasteiger partial charge in [0.2, 0.25) is 0 Å². The van der Waals surface area contributed by atoms with Crippen LogP contribution in [-0.4, -0.2) is 29.9 Å². The molecule has 0 amide bonds. The van der Waals surface area contributed by atoms with E-state index in [1.165, 1.54) is 119 Å². The van der Waals surface area contributed by atoms with Crippen LogP contribution >= 0.6 is 0 Å². The molecule has 590 valence electrons. The molecule has 0 N–H and O–H groups in total. The molecule has 128 heavy (non-hydrogen) atoms. The Bertz CT molecular complexity index is 8230. The Balaban J connectivity index is 0.802. The van der Waals surface area contributed by atoms with E-state index in [9.17, 15) is 0 Å². The Labute approximate surface area is 737 Å². The zero-order chi connectivity index (χ0) is 84.0. The van der Waals surface area contributed by atoms with Crippen LogP contribution < -0.4 is 0 Å². The molecule has 0 radical (unpaired) electrons. The Morgan fingerprint density at radius 3 is 0.648 bits per heavy atom. The summed E-state index contributed by atoms with van der Waals surface area (Å²) in [6.07, 6.45) is 0. The first kappa shape index (κ1) is 72.6. The number of hydrogen-bond donors (Lipinski definition) is 0. The Morgan fingerprint density at radius 2 is 0.336 bits per heavy atom. The lowest BCUT2D eigenvalue weighted by Gasteiger charge is -2.28. The summed E-state index contributed by atoms with van der Waals surface area (Å²) in [7, 11) is 0. The topological polar surface area (TPSA) is 77.3 Å². The van der Waals surface area contributed by atoms with Crippen molar-refractivity contribution in [3.05, 3.63) is 437 Å². The van der Waals surface area contributed by atoms with Crippen LogP contribution in [0.15, 0.2) is 437 Å². The summed E-state index contributed by atoms with van der Waals surface area (Å²) in [5, 5.41) is 26.8. The minimum atomic E-state index is 0.567. The van der Waals surface area contributed by atoms with Crippen LogP contribution in [0, 0.1) is 0 Å². The lowest BCUT2D eigenvalue weighted by Crippen LogP contribution is -2.01. The molecule has 0 aliphatic heterocycles. The lowest BCUT2D eigenvalue weighted by molar-refractivity contribution is 1.07. The quantitative estimate of drug-likeness (QED) is 0.0797. The number of rotatable bonds is 14. The van der Waals surface area contributed by atoms with Crippen molar-refractivity contribution in [2.45, 2.75) is 0 Å². The van der Waals surface area contributed by atoms with E-state index in [0.717, 1.165) is 122 Å². The molecule has 0 unspecified atom stereocenters. The van der Waals surface area contributed by atoms with Crippen molar-refractivity contribution in [1.82, 2.24) is 29.9 Å². The molecule has 0 aliphatic carbocycles. The van der Waals surface area contributed by atoms with Gasteiger partial charge >= 0.3 is 0 Å². The van der Waals surface area contributed by atoms with E-state index < -0.39 is 0 Å². The second-order valence-electron chi connectivity index (χ2n) is 33.7. The predicted octanol–water partition coefficient (Wildman–Crippen LogP) is 32.4. The van der Waals surface area contributed by atoms with Crippen molar-refractivity contribution < 1.29 is 0 Å². The molecule has 0 spiro atoms. The van der Waals surface area contributed by atoms with Gasteiger partial charge in [0.25, 0.3) is 0 Å². The number of benzene rings is 24. The molecule has 0 saturated carbocycles. The molecule has 26 rings (SSSR count). The first-order chi connectivity index (χ1) is 63.5.